The minimum atomic E-state index is -1.01. The molecule has 0 saturated heterocycles. The van der Waals surface area contributed by atoms with Gasteiger partial charge in [-0.15, -0.1) is 0 Å². The molecule has 2 atom stereocenters. The summed E-state index contributed by atoms with van der Waals surface area (Å²) >= 11 is 0. The zero-order valence-electron chi connectivity index (χ0n) is 14.4. The smallest absolute Gasteiger partial charge is 0.255 e. The monoisotopic (exact) mass is 319 g/mol. The van der Waals surface area contributed by atoms with Crippen molar-refractivity contribution in [3.8, 4) is 0 Å². The molecule has 128 valence electrons. The van der Waals surface area contributed by atoms with Gasteiger partial charge in [0.1, 0.15) is 11.8 Å². The van der Waals surface area contributed by atoms with E-state index in [-0.39, 0.29) is 12.5 Å². The zero-order chi connectivity index (χ0) is 17.0. The lowest BCUT2D eigenvalue weighted by Gasteiger charge is -2.49. The van der Waals surface area contributed by atoms with Crippen LogP contribution in [0.3, 0.4) is 0 Å². The van der Waals surface area contributed by atoms with E-state index in [4.69, 9.17) is 16.2 Å². The zero-order valence-corrected chi connectivity index (χ0v) is 14.4. The van der Waals surface area contributed by atoms with Crippen LogP contribution in [0.4, 0.5) is 0 Å². The Bertz CT molecular complexity index is 547. The number of ether oxygens (including phenoxy) is 1. The Balaban J connectivity index is 2.46. The Labute approximate surface area is 139 Å². The molecule has 2 rings (SSSR count). The van der Waals surface area contributed by atoms with E-state index in [1.807, 2.05) is 24.3 Å². The normalized spacial score (nSPS) is 24.2. The summed E-state index contributed by atoms with van der Waals surface area (Å²) in [7, 11) is 0. The standard InChI is InChI=1S/C18H29N3O2/c1-4-5-10-23-16-14-8-6-7-9-15(14)17(22)21(11-13(2)3)18(16,20)12-19/h6-9,13,16H,4-5,10-12,19-20H2,1-3H3. The van der Waals surface area contributed by atoms with Gasteiger partial charge in [-0.05, 0) is 24.0 Å². The summed E-state index contributed by atoms with van der Waals surface area (Å²) in [5.74, 6) is 0.243. The molecule has 23 heavy (non-hydrogen) atoms. The van der Waals surface area contributed by atoms with Gasteiger partial charge in [-0.2, -0.15) is 0 Å². The van der Waals surface area contributed by atoms with Crippen LogP contribution < -0.4 is 11.5 Å². The molecule has 0 radical (unpaired) electrons. The minimum Gasteiger partial charge on any atom is -0.370 e. The van der Waals surface area contributed by atoms with Gasteiger partial charge in [0.25, 0.3) is 5.91 Å². The predicted octanol–water partition coefficient (Wildman–Crippen LogP) is 2.27. The van der Waals surface area contributed by atoms with Crippen molar-refractivity contribution in [2.45, 2.75) is 45.4 Å². The highest BCUT2D eigenvalue weighted by molar-refractivity contribution is 5.97. The number of nitrogens with two attached hydrogens (primary N) is 2. The molecule has 5 heteroatoms. The van der Waals surface area contributed by atoms with Gasteiger partial charge in [0, 0.05) is 25.3 Å². The van der Waals surface area contributed by atoms with Gasteiger partial charge in [-0.3, -0.25) is 4.79 Å². The van der Waals surface area contributed by atoms with E-state index < -0.39 is 11.8 Å². The van der Waals surface area contributed by atoms with Crippen molar-refractivity contribution in [3.63, 3.8) is 0 Å². The van der Waals surface area contributed by atoms with Crippen molar-refractivity contribution in [2.24, 2.45) is 17.4 Å². The lowest BCUT2D eigenvalue weighted by atomic mass is 9.85. The Morgan fingerprint density at radius 1 is 1.35 bits per heavy atom. The quantitative estimate of drug-likeness (QED) is 0.755. The van der Waals surface area contributed by atoms with Gasteiger partial charge in [0.2, 0.25) is 0 Å². The van der Waals surface area contributed by atoms with E-state index in [0.717, 1.165) is 18.4 Å². The maximum Gasteiger partial charge on any atom is 0.255 e. The number of unbranched alkanes of at least 4 members (excludes halogenated alkanes) is 1. The Morgan fingerprint density at radius 2 is 2.04 bits per heavy atom. The molecule has 0 bridgehead atoms. The first-order valence-electron chi connectivity index (χ1n) is 8.47. The van der Waals surface area contributed by atoms with Crippen LogP contribution in [0.5, 0.6) is 0 Å². The van der Waals surface area contributed by atoms with Crippen LogP contribution >= 0.6 is 0 Å². The second-order valence-corrected chi connectivity index (χ2v) is 6.70. The number of fused-ring (bicyclic) bond motifs is 1. The van der Waals surface area contributed by atoms with Crippen molar-refractivity contribution in [1.82, 2.24) is 4.90 Å². The molecule has 0 spiro atoms. The van der Waals surface area contributed by atoms with Crippen LogP contribution in [0.2, 0.25) is 0 Å². The third-order valence-corrected chi connectivity index (χ3v) is 4.33. The largest absolute Gasteiger partial charge is 0.370 e. The first-order valence-corrected chi connectivity index (χ1v) is 8.47. The average molecular weight is 319 g/mol. The number of amides is 1. The second kappa shape index (κ2) is 7.43. The number of hydrogen-bond acceptors (Lipinski definition) is 4. The van der Waals surface area contributed by atoms with Gasteiger partial charge in [0.15, 0.2) is 0 Å². The lowest BCUT2D eigenvalue weighted by molar-refractivity contribution is -0.0705. The number of nitrogens with zero attached hydrogens (tertiary/aromatic N) is 1. The summed E-state index contributed by atoms with van der Waals surface area (Å²) in [6, 6.07) is 7.56. The van der Waals surface area contributed by atoms with Gasteiger partial charge in [-0.25, -0.2) is 0 Å². The van der Waals surface area contributed by atoms with Crippen LogP contribution in [0.1, 0.15) is 55.6 Å². The van der Waals surface area contributed by atoms with Crippen molar-refractivity contribution in [1.29, 1.82) is 0 Å². The molecule has 4 N–H and O–H groups in total. The Hall–Kier alpha value is -1.43. The van der Waals surface area contributed by atoms with Crippen LogP contribution in [-0.2, 0) is 4.74 Å². The molecule has 2 unspecified atom stereocenters. The van der Waals surface area contributed by atoms with E-state index in [0.29, 0.717) is 24.6 Å². The van der Waals surface area contributed by atoms with Crippen molar-refractivity contribution >= 4 is 5.91 Å². The molecule has 5 nitrogen and oxygen atoms in total. The summed E-state index contributed by atoms with van der Waals surface area (Å²) in [6.07, 6.45) is 1.60. The van der Waals surface area contributed by atoms with E-state index in [9.17, 15) is 4.79 Å². The molecule has 0 aromatic heterocycles. The summed E-state index contributed by atoms with van der Waals surface area (Å²) in [5, 5.41) is 0. The fourth-order valence-electron chi connectivity index (χ4n) is 3.08. The SMILES string of the molecule is CCCCOC1c2ccccc2C(=O)N(CC(C)C)C1(N)CN. The van der Waals surface area contributed by atoms with Crippen LogP contribution in [0.25, 0.3) is 0 Å². The Morgan fingerprint density at radius 3 is 2.65 bits per heavy atom. The van der Waals surface area contributed by atoms with E-state index in [1.165, 1.54) is 0 Å². The highest BCUT2D eigenvalue weighted by atomic mass is 16.5. The number of hydrogen-bond donors (Lipinski definition) is 2. The number of rotatable bonds is 7. The average Bonchev–Trinajstić information content (AvgIpc) is 2.54. The lowest BCUT2D eigenvalue weighted by Crippen LogP contribution is -2.69. The molecule has 0 fully saturated rings. The van der Waals surface area contributed by atoms with Gasteiger partial charge >= 0.3 is 0 Å². The molecule has 1 heterocycles. The first-order chi connectivity index (χ1) is 11.0. The topological polar surface area (TPSA) is 81.6 Å². The molecule has 1 aliphatic rings. The van der Waals surface area contributed by atoms with Gasteiger partial charge in [-0.1, -0.05) is 45.4 Å². The molecule has 1 aromatic carbocycles. The number of carbonyl (C=O) groups is 1. The van der Waals surface area contributed by atoms with Crippen molar-refractivity contribution in [2.75, 3.05) is 19.7 Å². The molecule has 1 aliphatic heterocycles. The summed E-state index contributed by atoms with van der Waals surface area (Å²) in [6.45, 7) is 7.59. The van der Waals surface area contributed by atoms with Crippen LogP contribution in [-0.4, -0.2) is 36.2 Å². The van der Waals surface area contributed by atoms with E-state index >= 15 is 0 Å². The number of carbonyl (C=O) groups excluding carboxylic acids is 1. The summed E-state index contributed by atoms with van der Waals surface area (Å²) in [4.78, 5) is 14.6. The summed E-state index contributed by atoms with van der Waals surface area (Å²) in [5.41, 5.74) is 13.2. The highest BCUT2D eigenvalue weighted by Gasteiger charge is 2.49. The maximum atomic E-state index is 12.9. The third-order valence-electron chi connectivity index (χ3n) is 4.33. The third kappa shape index (κ3) is 3.42. The van der Waals surface area contributed by atoms with E-state index in [2.05, 4.69) is 20.8 Å². The van der Waals surface area contributed by atoms with Crippen LogP contribution in [0, 0.1) is 5.92 Å². The van der Waals surface area contributed by atoms with Crippen molar-refractivity contribution in [3.05, 3.63) is 35.4 Å². The Kier molecular flexibility index (Phi) is 5.79. The highest BCUT2D eigenvalue weighted by Crippen LogP contribution is 2.38. The molecule has 1 aromatic rings. The summed E-state index contributed by atoms with van der Waals surface area (Å²) < 4.78 is 6.12. The minimum absolute atomic E-state index is 0.0578. The fourth-order valence-corrected chi connectivity index (χ4v) is 3.08. The number of benzene rings is 1. The predicted molar refractivity (Wildman–Crippen MR) is 91.9 cm³/mol. The first kappa shape index (κ1) is 17.9. The second-order valence-electron chi connectivity index (χ2n) is 6.70. The molecular weight excluding hydrogens is 290 g/mol. The molecule has 1 amide bonds. The van der Waals surface area contributed by atoms with Gasteiger partial charge in [0.05, 0.1) is 0 Å². The fraction of sp³-hybridized carbons (Fsp3) is 0.611. The van der Waals surface area contributed by atoms with Crippen molar-refractivity contribution < 1.29 is 9.53 Å². The van der Waals surface area contributed by atoms with Crippen LogP contribution in [0.15, 0.2) is 24.3 Å². The maximum absolute atomic E-state index is 12.9. The van der Waals surface area contributed by atoms with E-state index in [1.54, 1.807) is 4.90 Å². The molecule has 0 saturated carbocycles. The molecule has 0 aliphatic carbocycles. The van der Waals surface area contributed by atoms with Gasteiger partial charge < -0.3 is 21.1 Å². The molecular formula is C18H29N3O2.